The number of hydrogen-bond donors (Lipinski definition) is 0. The lowest BCUT2D eigenvalue weighted by Gasteiger charge is -2.31. The molecule has 26 heavy (non-hydrogen) atoms. The van der Waals surface area contributed by atoms with E-state index in [0.717, 1.165) is 6.42 Å². The average Bonchev–Trinajstić information content (AvgIpc) is 2.67. The van der Waals surface area contributed by atoms with Gasteiger partial charge in [0.2, 0.25) is 0 Å². The van der Waals surface area contributed by atoms with E-state index < -0.39 is 17.7 Å². The number of ether oxygens (including phenoxy) is 1. The fourth-order valence-corrected chi connectivity index (χ4v) is 3.27. The number of benzene rings is 1. The van der Waals surface area contributed by atoms with E-state index in [1.807, 2.05) is 0 Å². The quantitative estimate of drug-likeness (QED) is 0.709. The third kappa shape index (κ3) is 4.46. The van der Waals surface area contributed by atoms with Crippen molar-refractivity contribution in [3.8, 4) is 0 Å². The SMILES string of the molecule is O=C(OCc1ccc(Br)cc1F)[C@H]1CCCN(C(=O)c2ccncc2)C1. The van der Waals surface area contributed by atoms with Gasteiger partial charge in [-0.3, -0.25) is 14.6 Å². The van der Waals surface area contributed by atoms with Crippen LogP contribution in [0.5, 0.6) is 0 Å². The first-order valence-corrected chi connectivity index (χ1v) is 9.14. The average molecular weight is 421 g/mol. The molecular formula is C19H18BrFN2O3. The van der Waals surface area contributed by atoms with Gasteiger partial charge in [-0.2, -0.15) is 0 Å². The Kier molecular flexibility index (Phi) is 5.98. The second-order valence-electron chi connectivity index (χ2n) is 6.17. The molecule has 0 aliphatic carbocycles. The highest BCUT2D eigenvalue weighted by atomic mass is 79.9. The molecule has 0 spiro atoms. The van der Waals surface area contributed by atoms with Gasteiger partial charge < -0.3 is 9.64 Å². The number of rotatable bonds is 4. The van der Waals surface area contributed by atoms with Crippen LogP contribution in [0.1, 0.15) is 28.8 Å². The molecule has 136 valence electrons. The van der Waals surface area contributed by atoms with Gasteiger partial charge in [-0.05, 0) is 37.1 Å². The molecule has 0 saturated carbocycles. The fraction of sp³-hybridized carbons (Fsp3) is 0.316. The molecule has 1 aromatic carbocycles. The Labute approximate surface area is 159 Å². The number of carbonyl (C=O) groups excluding carboxylic acids is 2. The van der Waals surface area contributed by atoms with Crippen molar-refractivity contribution in [2.24, 2.45) is 5.92 Å². The van der Waals surface area contributed by atoms with Crippen LogP contribution in [-0.2, 0) is 16.1 Å². The van der Waals surface area contributed by atoms with Crippen LogP contribution in [-0.4, -0.2) is 34.8 Å². The molecule has 0 N–H and O–H groups in total. The smallest absolute Gasteiger partial charge is 0.311 e. The van der Waals surface area contributed by atoms with E-state index in [0.29, 0.717) is 35.1 Å². The second-order valence-corrected chi connectivity index (χ2v) is 7.09. The number of aromatic nitrogens is 1. The van der Waals surface area contributed by atoms with Gasteiger partial charge in [0, 0.05) is 41.1 Å². The summed E-state index contributed by atoms with van der Waals surface area (Å²) in [6, 6.07) is 7.91. The van der Waals surface area contributed by atoms with Gasteiger partial charge in [-0.25, -0.2) is 4.39 Å². The normalized spacial score (nSPS) is 17.0. The van der Waals surface area contributed by atoms with Crippen LogP contribution in [0.25, 0.3) is 0 Å². The number of esters is 1. The van der Waals surface area contributed by atoms with E-state index in [1.165, 1.54) is 6.07 Å². The molecule has 5 nitrogen and oxygen atoms in total. The number of amides is 1. The lowest BCUT2D eigenvalue weighted by molar-refractivity contribution is -0.151. The zero-order valence-corrected chi connectivity index (χ0v) is 15.6. The van der Waals surface area contributed by atoms with Gasteiger partial charge in [0.15, 0.2) is 0 Å². The topological polar surface area (TPSA) is 59.5 Å². The summed E-state index contributed by atoms with van der Waals surface area (Å²) in [7, 11) is 0. The molecule has 2 heterocycles. The van der Waals surface area contributed by atoms with Crippen molar-refractivity contribution in [2.75, 3.05) is 13.1 Å². The first-order chi connectivity index (χ1) is 12.5. The Morgan fingerprint density at radius 1 is 1.27 bits per heavy atom. The summed E-state index contributed by atoms with van der Waals surface area (Å²) < 4.78 is 19.7. The number of halogens is 2. The van der Waals surface area contributed by atoms with E-state index in [9.17, 15) is 14.0 Å². The maximum Gasteiger partial charge on any atom is 0.311 e. The second kappa shape index (κ2) is 8.40. The highest BCUT2D eigenvalue weighted by molar-refractivity contribution is 9.10. The Bertz CT molecular complexity index is 801. The molecule has 0 bridgehead atoms. The number of pyridine rings is 1. The van der Waals surface area contributed by atoms with Gasteiger partial charge in [-0.1, -0.05) is 22.0 Å². The third-order valence-electron chi connectivity index (χ3n) is 4.35. The monoisotopic (exact) mass is 420 g/mol. The predicted octanol–water partition coefficient (Wildman–Crippen LogP) is 3.58. The fourth-order valence-electron chi connectivity index (χ4n) is 2.94. The first kappa shape index (κ1) is 18.5. The molecule has 7 heteroatoms. The summed E-state index contributed by atoms with van der Waals surface area (Å²) in [5.74, 6) is -1.35. The van der Waals surface area contributed by atoms with Crippen LogP contribution in [0.3, 0.4) is 0 Å². The molecule has 1 fully saturated rings. The molecule has 0 radical (unpaired) electrons. The minimum atomic E-state index is -0.426. The Hall–Kier alpha value is -2.28. The van der Waals surface area contributed by atoms with Crippen LogP contribution in [0.2, 0.25) is 0 Å². The summed E-state index contributed by atoms with van der Waals surface area (Å²) in [6.45, 7) is 0.793. The van der Waals surface area contributed by atoms with Crippen LogP contribution in [0, 0.1) is 11.7 Å². The Morgan fingerprint density at radius 3 is 2.77 bits per heavy atom. The van der Waals surface area contributed by atoms with Gasteiger partial charge >= 0.3 is 5.97 Å². The molecule has 1 aromatic heterocycles. The zero-order chi connectivity index (χ0) is 18.5. The third-order valence-corrected chi connectivity index (χ3v) is 4.85. The largest absolute Gasteiger partial charge is 0.460 e. The molecule has 1 saturated heterocycles. The predicted molar refractivity (Wildman–Crippen MR) is 96.8 cm³/mol. The first-order valence-electron chi connectivity index (χ1n) is 8.34. The number of nitrogens with zero attached hydrogens (tertiary/aromatic N) is 2. The minimum Gasteiger partial charge on any atom is -0.460 e. The molecule has 1 aliphatic rings. The van der Waals surface area contributed by atoms with E-state index >= 15 is 0 Å². The van der Waals surface area contributed by atoms with E-state index in [4.69, 9.17) is 4.74 Å². The van der Waals surface area contributed by atoms with Crippen molar-refractivity contribution >= 4 is 27.8 Å². The summed E-state index contributed by atoms with van der Waals surface area (Å²) in [6.07, 6.45) is 4.51. The molecule has 1 aliphatic heterocycles. The van der Waals surface area contributed by atoms with Crippen LogP contribution >= 0.6 is 15.9 Å². The molecule has 2 aromatic rings. The van der Waals surface area contributed by atoms with E-state index in [-0.39, 0.29) is 12.5 Å². The molecule has 1 atom stereocenters. The summed E-state index contributed by atoms with van der Waals surface area (Å²) in [5.41, 5.74) is 0.869. The molecular weight excluding hydrogens is 403 g/mol. The van der Waals surface area contributed by atoms with E-state index in [1.54, 1.807) is 41.6 Å². The highest BCUT2D eigenvalue weighted by Crippen LogP contribution is 2.21. The number of hydrogen-bond acceptors (Lipinski definition) is 4. The van der Waals surface area contributed by atoms with E-state index in [2.05, 4.69) is 20.9 Å². The van der Waals surface area contributed by atoms with Crippen molar-refractivity contribution < 1.29 is 18.7 Å². The summed E-state index contributed by atoms with van der Waals surface area (Å²) >= 11 is 3.19. The summed E-state index contributed by atoms with van der Waals surface area (Å²) in [4.78, 5) is 30.4. The Balaban J connectivity index is 1.58. The molecule has 0 unspecified atom stereocenters. The molecule has 1 amide bonds. The Morgan fingerprint density at radius 2 is 2.04 bits per heavy atom. The standard InChI is InChI=1S/C19H18BrFN2O3/c20-16-4-3-15(17(21)10-16)12-26-19(25)14-2-1-9-23(11-14)18(24)13-5-7-22-8-6-13/h3-8,10,14H,1-2,9,11-12H2/t14-/m0/s1. The van der Waals surface area contributed by atoms with Gasteiger partial charge in [0.05, 0.1) is 5.92 Å². The van der Waals surface area contributed by atoms with Crippen molar-refractivity contribution in [3.05, 3.63) is 64.1 Å². The van der Waals surface area contributed by atoms with Crippen molar-refractivity contribution in [3.63, 3.8) is 0 Å². The van der Waals surface area contributed by atoms with Crippen LogP contribution < -0.4 is 0 Å². The number of piperidine rings is 1. The summed E-state index contributed by atoms with van der Waals surface area (Å²) in [5, 5.41) is 0. The highest BCUT2D eigenvalue weighted by Gasteiger charge is 2.30. The molecule has 3 rings (SSSR count). The van der Waals surface area contributed by atoms with Crippen LogP contribution in [0.15, 0.2) is 47.2 Å². The lowest BCUT2D eigenvalue weighted by Crippen LogP contribution is -2.42. The van der Waals surface area contributed by atoms with Gasteiger partial charge in [0.1, 0.15) is 12.4 Å². The minimum absolute atomic E-state index is 0.118. The zero-order valence-electron chi connectivity index (χ0n) is 14.0. The van der Waals surface area contributed by atoms with Crippen LogP contribution in [0.4, 0.5) is 4.39 Å². The van der Waals surface area contributed by atoms with Crippen molar-refractivity contribution in [2.45, 2.75) is 19.4 Å². The van der Waals surface area contributed by atoms with Gasteiger partial charge in [0.25, 0.3) is 5.91 Å². The van der Waals surface area contributed by atoms with Gasteiger partial charge in [-0.15, -0.1) is 0 Å². The van der Waals surface area contributed by atoms with Crippen molar-refractivity contribution in [1.82, 2.24) is 9.88 Å². The maximum absolute atomic E-state index is 13.8. The maximum atomic E-state index is 13.8. The van der Waals surface area contributed by atoms with Crippen molar-refractivity contribution in [1.29, 1.82) is 0 Å². The lowest BCUT2D eigenvalue weighted by atomic mass is 9.97. The number of likely N-dealkylation sites (tertiary alicyclic amines) is 1. The number of carbonyl (C=O) groups is 2.